The summed E-state index contributed by atoms with van der Waals surface area (Å²) in [6.45, 7) is 7.55. The zero-order chi connectivity index (χ0) is 12.1. The van der Waals surface area contributed by atoms with Crippen LogP contribution in [0.4, 0.5) is 11.6 Å². The van der Waals surface area contributed by atoms with Gasteiger partial charge < -0.3 is 15.4 Å². The number of aromatic nitrogens is 2. The fraction of sp³-hybridized carbons (Fsp3) is 0.636. The highest BCUT2D eigenvalue weighted by molar-refractivity contribution is 5.47. The number of nitrogens with zero attached hydrogens (tertiary/aromatic N) is 3. The predicted molar refractivity (Wildman–Crippen MR) is 65.5 cm³/mol. The van der Waals surface area contributed by atoms with Gasteiger partial charge in [-0.2, -0.15) is 0 Å². The van der Waals surface area contributed by atoms with E-state index in [9.17, 15) is 0 Å². The van der Waals surface area contributed by atoms with Gasteiger partial charge in [0.05, 0.1) is 12.6 Å². The van der Waals surface area contributed by atoms with Crippen molar-refractivity contribution in [1.82, 2.24) is 9.97 Å². The maximum absolute atomic E-state index is 5.72. The maximum Gasteiger partial charge on any atom is 0.134 e. The second kappa shape index (κ2) is 5.65. The van der Waals surface area contributed by atoms with Crippen molar-refractivity contribution in [2.45, 2.75) is 26.8 Å². The number of nitrogens with two attached hydrogens (primary N) is 1. The first kappa shape index (κ1) is 12.7. The van der Waals surface area contributed by atoms with Crippen molar-refractivity contribution in [2.75, 3.05) is 30.9 Å². The van der Waals surface area contributed by atoms with Crippen molar-refractivity contribution in [3.05, 3.63) is 11.9 Å². The zero-order valence-corrected chi connectivity index (χ0v) is 10.4. The molecule has 0 fully saturated rings. The number of rotatable bonds is 5. The summed E-state index contributed by atoms with van der Waals surface area (Å²) < 4.78 is 5.15. The third kappa shape index (κ3) is 3.06. The number of likely N-dealkylation sites (N-methyl/N-ethyl adjacent to an activating group) is 1. The fourth-order valence-corrected chi connectivity index (χ4v) is 1.75. The second-order valence-electron chi connectivity index (χ2n) is 3.79. The maximum atomic E-state index is 5.72. The van der Waals surface area contributed by atoms with Gasteiger partial charge in [0, 0.05) is 19.7 Å². The fourth-order valence-electron chi connectivity index (χ4n) is 1.75. The number of methoxy groups -OCH3 is 1. The van der Waals surface area contributed by atoms with E-state index >= 15 is 0 Å². The molecule has 16 heavy (non-hydrogen) atoms. The monoisotopic (exact) mass is 224 g/mol. The van der Waals surface area contributed by atoms with Gasteiger partial charge in [0.25, 0.3) is 0 Å². The van der Waals surface area contributed by atoms with Gasteiger partial charge in [0.2, 0.25) is 0 Å². The van der Waals surface area contributed by atoms with Gasteiger partial charge in [-0.25, -0.2) is 9.97 Å². The molecule has 90 valence electrons. The molecule has 5 heteroatoms. The van der Waals surface area contributed by atoms with E-state index in [-0.39, 0.29) is 6.04 Å². The van der Waals surface area contributed by atoms with Crippen molar-refractivity contribution in [3.8, 4) is 0 Å². The summed E-state index contributed by atoms with van der Waals surface area (Å²) >= 11 is 0. The highest BCUT2D eigenvalue weighted by Crippen LogP contribution is 2.16. The molecule has 2 N–H and O–H groups in total. The summed E-state index contributed by atoms with van der Waals surface area (Å²) in [6.07, 6.45) is 0. The summed E-state index contributed by atoms with van der Waals surface area (Å²) in [7, 11) is 1.70. The van der Waals surface area contributed by atoms with Crippen molar-refractivity contribution in [2.24, 2.45) is 0 Å². The molecule has 1 aromatic heterocycles. The number of aryl methyl sites for hydroxylation is 1. The average Bonchev–Trinajstić information content (AvgIpc) is 2.17. The SMILES string of the molecule is CCN(c1cc(N)nc(C)n1)C(C)COC. The Hall–Kier alpha value is -1.36. The highest BCUT2D eigenvalue weighted by atomic mass is 16.5. The lowest BCUT2D eigenvalue weighted by atomic mass is 10.3. The molecule has 0 bridgehead atoms. The molecule has 5 nitrogen and oxygen atoms in total. The molecular weight excluding hydrogens is 204 g/mol. The van der Waals surface area contributed by atoms with Crippen LogP contribution in [-0.2, 0) is 4.74 Å². The molecule has 1 heterocycles. The van der Waals surface area contributed by atoms with Gasteiger partial charge in [0.1, 0.15) is 17.5 Å². The average molecular weight is 224 g/mol. The molecule has 0 saturated heterocycles. The summed E-state index contributed by atoms with van der Waals surface area (Å²) in [5.41, 5.74) is 5.72. The first-order chi connectivity index (χ1) is 7.58. The van der Waals surface area contributed by atoms with Crippen LogP contribution in [0.2, 0.25) is 0 Å². The normalized spacial score (nSPS) is 12.5. The highest BCUT2D eigenvalue weighted by Gasteiger charge is 2.14. The lowest BCUT2D eigenvalue weighted by molar-refractivity contribution is 0.181. The Morgan fingerprint density at radius 3 is 2.69 bits per heavy atom. The van der Waals surface area contributed by atoms with E-state index in [2.05, 4.69) is 28.7 Å². The number of hydrogen-bond donors (Lipinski definition) is 1. The molecule has 0 aliphatic carbocycles. The van der Waals surface area contributed by atoms with Gasteiger partial charge in [-0.3, -0.25) is 0 Å². The van der Waals surface area contributed by atoms with Crippen LogP contribution in [-0.4, -0.2) is 36.3 Å². The summed E-state index contributed by atoms with van der Waals surface area (Å²) in [4.78, 5) is 10.6. The Morgan fingerprint density at radius 1 is 1.50 bits per heavy atom. The van der Waals surface area contributed by atoms with E-state index < -0.39 is 0 Å². The quantitative estimate of drug-likeness (QED) is 0.815. The first-order valence-electron chi connectivity index (χ1n) is 5.45. The molecule has 0 radical (unpaired) electrons. The molecule has 1 aromatic rings. The largest absolute Gasteiger partial charge is 0.384 e. The Labute approximate surface area is 96.6 Å². The Kier molecular flexibility index (Phi) is 4.49. The molecule has 0 saturated carbocycles. The van der Waals surface area contributed by atoms with Crippen LogP contribution in [0.1, 0.15) is 19.7 Å². The number of nitrogen functional groups attached to an aromatic ring is 1. The lowest BCUT2D eigenvalue weighted by Crippen LogP contribution is -2.36. The van der Waals surface area contributed by atoms with Crippen LogP contribution < -0.4 is 10.6 Å². The van der Waals surface area contributed by atoms with Gasteiger partial charge >= 0.3 is 0 Å². The van der Waals surface area contributed by atoms with E-state index in [4.69, 9.17) is 10.5 Å². The zero-order valence-electron chi connectivity index (χ0n) is 10.4. The smallest absolute Gasteiger partial charge is 0.134 e. The molecule has 0 spiro atoms. The predicted octanol–water partition coefficient (Wildman–Crippen LogP) is 1.23. The topological polar surface area (TPSA) is 64.3 Å². The minimum atomic E-state index is 0.267. The van der Waals surface area contributed by atoms with E-state index in [1.165, 1.54) is 0 Å². The van der Waals surface area contributed by atoms with Crippen molar-refractivity contribution < 1.29 is 4.74 Å². The van der Waals surface area contributed by atoms with Crippen LogP contribution in [0.15, 0.2) is 6.07 Å². The van der Waals surface area contributed by atoms with E-state index in [1.807, 2.05) is 6.92 Å². The third-order valence-electron chi connectivity index (χ3n) is 2.42. The molecule has 1 rings (SSSR count). The summed E-state index contributed by atoms with van der Waals surface area (Å²) in [5.74, 6) is 2.06. The van der Waals surface area contributed by atoms with E-state index in [1.54, 1.807) is 13.2 Å². The number of hydrogen-bond acceptors (Lipinski definition) is 5. The Morgan fingerprint density at radius 2 is 2.19 bits per heavy atom. The van der Waals surface area contributed by atoms with Gasteiger partial charge in [-0.05, 0) is 20.8 Å². The molecule has 0 aromatic carbocycles. The Balaban J connectivity index is 2.94. The summed E-state index contributed by atoms with van der Waals surface area (Å²) in [6, 6.07) is 2.06. The minimum Gasteiger partial charge on any atom is -0.384 e. The van der Waals surface area contributed by atoms with Gasteiger partial charge in [-0.1, -0.05) is 0 Å². The molecule has 1 atom stereocenters. The molecular formula is C11H20N4O. The van der Waals surface area contributed by atoms with Crippen molar-refractivity contribution >= 4 is 11.6 Å². The molecule has 0 amide bonds. The van der Waals surface area contributed by atoms with Crippen LogP contribution in [0.5, 0.6) is 0 Å². The van der Waals surface area contributed by atoms with Crippen LogP contribution in [0.3, 0.4) is 0 Å². The summed E-state index contributed by atoms with van der Waals surface area (Å²) in [5, 5.41) is 0. The van der Waals surface area contributed by atoms with Crippen molar-refractivity contribution in [3.63, 3.8) is 0 Å². The molecule has 0 aliphatic rings. The van der Waals surface area contributed by atoms with Crippen LogP contribution in [0, 0.1) is 6.92 Å². The van der Waals surface area contributed by atoms with Crippen molar-refractivity contribution in [1.29, 1.82) is 0 Å². The van der Waals surface area contributed by atoms with Gasteiger partial charge in [-0.15, -0.1) is 0 Å². The van der Waals surface area contributed by atoms with Crippen LogP contribution in [0.25, 0.3) is 0 Å². The molecule has 1 unspecified atom stereocenters. The Bertz CT molecular complexity index is 323. The lowest BCUT2D eigenvalue weighted by Gasteiger charge is -2.28. The first-order valence-corrected chi connectivity index (χ1v) is 5.45. The van der Waals surface area contributed by atoms with Crippen LogP contribution >= 0.6 is 0 Å². The number of anilines is 2. The molecule has 0 aliphatic heterocycles. The second-order valence-corrected chi connectivity index (χ2v) is 3.79. The standard InChI is InChI=1S/C11H20N4O/c1-5-15(8(2)7-16-4)11-6-10(12)13-9(3)14-11/h6,8H,5,7H2,1-4H3,(H2,12,13,14). The third-order valence-corrected chi connectivity index (χ3v) is 2.42. The van der Waals surface area contributed by atoms with E-state index in [0.717, 1.165) is 12.4 Å². The minimum absolute atomic E-state index is 0.267. The van der Waals surface area contributed by atoms with E-state index in [0.29, 0.717) is 18.2 Å². The number of ether oxygens (including phenoxy) is 1. The van der Waals surface area contributed by atoms with Gasteiger partial charge in [0.15, 0.2) is 0 Å².